The lowest BCUT2D eigenvalue weighted by Gasteiger charge is -2.16. The van der Waals surface area contributed by atoms with E-state index in [-0.39, 0.29) is 40.7 Å². The third-order valence-electron chi connectivity index (χ3n) is 5.99. The highest BCUT2D eigenvalue weighted by molar-refractivity contribution is 6.07. The number of fused-ring (bicyclic) bond motifs is 1. The molecule has 2 heterocycles. The minimum atomic E-state index is -0.445. The van der Waals surface area contributed by atoms with E-state index >= 15 is 0 Å². The number of rotatable bonds is 6. The summed E-state index contributed by atoms with van der Waals surface area (Å²) in [6, 6.07) is 14.8. The van der Waals surface area contributed by atoms with Gasteiger partial charge in [0.05, 0.1) is 28.4 Å². The summed E-state index contributed by atoms with van der Waals surface area (Å²) >= 11 is 0. The van der Waals surface area contributed by atoms with E-state index < -0.39 is 5.82 Å². The van der Waals surface area contributed by atoms with Crippen LogP contribution in [0.1, 0.15) is 47.4 Å². The van der Waals surface area contributed by atoms with Crippen molar-refractivity contribution in [3.63, 3.8) is 0 Å². The lowest BCUT2D eigenvalue weighted by Crippen LogP contribution is -2.27. The van der Waals surface area contributed by atoms with Crippen LogP contribution in [0.2, 0.25) is 0 Å². The summed E-state index contributed by atoms with van der Waals surface area (Å²) in [6.07, 6.45) is 1.89. The molecule has 8 heteroatoms. The van der Waals surface area contributed by atoms with Gasteiger partial charge in [0.2, 0.25) is 5.91 Å². The number of aromatic nitrogens is 2. The van der Waals surface area contributed by atoms with E-state index in [0.717, 1.165) is 24.1 Å². The Balaban J connectivity index is 1.40. The van der Waals surface area contributed by atoms with Gasteiger partial charge in [-0.05, 0) is 62.6 Å². The highest BCUT2D eigenvalue weighted by Crippen LogP contribution is 2.31. The summed E-state index contributed by atoms with van der Waals surface area (Å²) in [7, 11) is 0. The fourth-order valence-corrected chi connectivity index (χ4v) is 3.88. The summed E-state index contributed by atoms with van der Waals surface area (Å²) in [6.45, 7) is 3.59. The van der Waals surface area contributed by atoms with E-state index in [1.54, 1.807) is 31.2 Å². The number of hydrogen-bond donors (Lipinski definition) is 2. The minimum Gasteiger partial charge on any atom is -0.345 e. The molecule has 2 aromatic heterocycles. The van der Waals surface area contributed by atoms with Gasteiger partial charge in [0.25, 0.3) is 11.6 Å². The van der Waals surface area contributed by atoms with Crippen molar-refractivity contribution < 1.29 is 18.5 Å². The Bertz CT molecular complexity index is 1390. The van der Waals surface area contributed by atoms with Crippen LogP contribution < -0.4 is 10.6 Å². The molecule has 1 saturated carbocycles. The number of hydrogen-bond acceptors (Lipinski definition) is 5. The van der Waals surface area contributed by atoms with Gasteiger partial charge in [-0.25, -0.2) is 9.37 Å². The van der Waals surface area contributed by atoms with Crippen LogP contribution in [0.5, 0.6) is 0 Å². The Hall–Kier alpha value is -4.07. The zero-order valence-corrected chi connectivity index (χ0v) is 18.8. The first kappa shape index (κ1) is 21.8. The van der Waals surface area contributed by atoms with Crippen LogP contribution in [0, 0.1) is 18.7 Å². The average molecular weight is 458 g/mol. The van der Waals surface area contributed by atoms with Gasteiger partial charge in [-0.1, -0.05) is 29.4 Å². The molecule has 2 amide bonds. The number of pyridine rings is 1. The van der Waals surface area contributed by atoms with E-state index in [4.69, 9.17) is 4.52 Å². The SMILES string of the molecule is Cc1noc2nc(-c3ccccc3F)cc(C(=O)NC(C)c3ccc(NC(=O)C4CC4)cc3)c12. The van der Waals surface area contributed by atoms with Gasteiger partial charge in [0.1, 0.15) is 5.82 Å². The molecule has 2 N–H and O–H groups in total. The smallest absolute Gasteiger partial charge is 0.259 e. The van der Waals surface area contributed by atoms with Crippen LogP contribution >= 0.6 is 0 Å². The lowest BCUT2D eigenvalue weighted by atomic mass is 10.0. The third-order valence-corrected chi connectivity index (χ3v) is 5.99. The van der Waals surface area contributed by atoms with Crippen LogP contribution in [0.25, 0.3) is 22.4 Å². The Morgan fingerprint density at radius 2 is 1.85 bits per heavy atom. The van der Waals surface area contributed by atoms with Gasteiger partial charge in [0.15, 0.2) is 0 Å². The van der Waals surface area contributed by atoms with Gasteiger partial charge in [-0.15, -0.1) is 0 Å². The molecule has 0 spiro atoms. The molecule has 5 rings (SSSR count). The molecule has 172 valence electrons. The summed E-state index contributed by atoms with van der Waals surface area (Å²) < 4.78 is 19.7. The molecule has 0 bridgehead atoms. The highest BCUT2D eigenvalue weighted by atomic mass is 19.1. The van der Waals surface area contributed by atoms with Gasteiger partial charge in [-0.3, -0.25) is 9.59 Å². The number of nitrogens with one attached hydrogen (secondary N) is 2. The summed E-state index contributed by atoms with van der Waals surface area (Å²) in [5, 5.41) is 10.3. The molecule has 0 aliphatic heterocycles. The van der Waals surface area contributed by atoms with Crippen molar-refractivity contribution in [2.24, 2.45) is 5.92 Å². The summed E-state index contributed by atoms with van der Waals surface area (Å²) in [4.78, 5) is 29.6. The molecule has 4 aromatic rings. The molecule has 1 atom stereocenters. The largest absolute Gasteiger partial charge is 0.345 e. The zero-order valence-electron chi connectivity index (χ0n) is 18.8. The number of amides is 2. The molecule has 0 radical (unpaired) electrons. The molecule has 1 unspecified atom stereocenters. The monoisotopic (exact) mass is 458 g/mol. The average Bonchev–Trinajstić information content (AvgIpc) is 3.62. The second-order valence-corrected chi connectivity index (χ2v) is 8.56. The third kappa shape index (κ3) is 4.26. The maximum atomic E-state index is 14.4. The zero-order chi connectivity index (χ0) is 23.8. The van der Waals surface area contributed by atoms with Gasteiger partial charge < -0.3 is 15.2 Å². The number of nitrogens with zero attached hydrogens (tertiary/aromatic N) is 2. The normalized spacial score (nSPS) is 14.1. The number of anilines is 1. The van der Waals surface area contributed by atoms with Crippen molar-refractivity contribution in [3.05, 3.63) is 77.2 Å². The van der Waals surface area contributed by atoms with E-state index in [1.165, 1.54) is 6.07 Å². The molecule has 0 saturated heterocycles. The van der Waals surface area contributed by atoms with E-state index in [2.05, 4.69) is 20.8 Å². The Morgan fingerprint density at radius 1 is 1.12 bits per heavy atom. The molecule has 1 aliphatic rings. The van der Waals surface area contributed by atoms with Crippen molar-refractivity contribution in [2.75, 3.05) is 5.32 Å². The highest BCUT2D eigenvalue weighted by Gasteiger charge is 2.29. The number of halogens is 1. The van der Waals surface area contributed by atoms with Crippen molar-refractivity contribution in [2.45, 2.75) is 32.7 Å². The van der Waals surface area contributed by atoms with Crippen molar-refractivity contribution in [1.82, 2.24) is 15.5 Å². The molecule has 2 aromatic carbocycles. The predicted molar refractivity (Wildman–Crippen MR) is 126 cm³/mol. The topological polar surface area (TPSA) is 97.1 Å². The Kier molecular flexibility index (Phi) is 5.57. The van der Waals surface area contributed by atoms with Crippen LogP contribution in [-0.2, 0) is 4.79 Å². The molecule has 1 aliphatic carbocycles. The first-order valence-corrected chi connectivity index (χ1v) is 11.1. The van der Waals surface area contributed by atoms with E-state index in [0.29, 0.717) is 16.6 Å². The van der Waals surface area contributed by atoms with Crippen molar-refractivity contribution in [1.29, 1.82) is 0 Å². The summed E-state index contributed by atoms with van der Waals surface area (Å²) in [5.41, 5.74) is 3.16. The Morgan fingerprint density at radius 3 is 2.56 bits per heavy atom. The van der Waals surface area contributed by atoms with Gasteiger partial charge in [-0.2, -0.15) is 0 Å². The number of aryl methyl sites for hydroxylation is 1. The van der Waals surface area contributed by atoms with Gasteiger partial charge in [0, 0.05) is 17.2 Å². The van der Waals surface area contributed by atoms with Gasteiger partial charge >= 0.3 is 0 Å². The fraction of sp³-hybridized carbons (Fsp3) is 0.231. The fourth-order valence-electron chi connectivity index (χ4n) is 3.88. The quantitative estimate of drug-likeness (QED) is 0.415. The molecule has 7 nitrogen and oxygen atoms in total. The second kappa shape index (κ2) is 8.70. The Labute approximate surface area is 195 Å². The molecule has 34 heavy (non-hydrogen) atoms. The molecular formula is C26H23FN4O3. The maximum absolute atomic E-state index is 14.4. The summed E-state index contributed by atoms with van der Waals surface area (Å²) in [5.74, 6) is -0.621. The lowest BCUT2D eigenvalue weighted by molar-refractivity contribution is -0.117. The van der Waals surface area contributed by atoms with E-state index in [9.17, 15) is 14.0 Å². The number of benzene rings is 2. The van der Waals surface area contributed by atoms with Crippen molar-refractivity contribution >= 4 is 28.6 Å². The van der Waals surface area contributed by atoms with Crippen LogP contribution in [0.3, 0.4) is 0 Å². The maximum Gasteiger partial charge on any atom is 0.259 e. The number of carbonyl (C=O) groups excluding carboxylic acids is 2. The molecule has 1 fully saturated rings. The van der Waals surface area contributed by atoms with Crippen molar-refractivity contribution in [3.8, 4) is 11.3 Å². The minimum absolute atomic E-state index is 0.0468. The second-order valence-electron chi connectivity index (χ2n) is 8.56. The van der Waals surface area contributed by atoms with Crippen LogP contribution in [0.15, 0.2) is 59.1 Å². The van der Waals surface area contributed by atoms with Crippen LogP contribution in [-0.4, -0.2) is 22.0 Å². The van der Waals surface area contributed by atoms with Crippen LogP contribution in [0.4, 0.5) is 10.1 Å². The standard InChI is InChI=1S/C26H23FN4O3/c1-14(16-9-11-18(12-10-16)29-24(32)17-7-8-17)28-25(33)20-13-22(19-5-3-4-6-21(19)27)30-26-23(20)15(2)31-34-26/h3-6,9-14,17H,7-8H2,1-2H3,(H,28,33)(H,29,32). The first-order valence-electron chi connectivity index (χ1n) is 11.1. The molecular weight excluding hydrogens is 435 g/mol. The predicted octanol–water partition coefficient (Wildman–Crippen LogP) is 5.18. The number of carbonyl (C=O) groups is 2. The first-order chi connectivity index (χ1) is 16.4. The van der Waals surface area contributed by atoms with E-state index in [1.807, 2.05) is 31.2 Å².